The molecule has 2 aromatic carbocycles. The molecule has 0 aliphatic carbocycles. The molecule has 0 radical (unpaired) electrons. The molecule has 0 spiro atoms. The Balaban J connectivity index is 1.24. The van der Waals surface area contributed by atoms with Crippen LogP contribution in [0.4, 0.5) is 23.0 Å². The summed E-state index contributed by atoms with van der Waals surface area (Å²) in [4.78, 5) is 37.1. The third-order valence-electron chi connectivity index (χ3n) is 6.12. The molecule has 6 rings (SSSR count). The van der Waals surface area contributed by atoms with Crippen LogP contribution in [0.15, 0.2) is 108 Å². The van der Waals surface area contributed by atoms with E-state index in [9.17, 15) is 9.59 Å². The molecule has 0 atom stereocenters. The zero-order chi connectivity index (χ0) is 25.2. The van der Waals surface area contributed by atoms with Crippen LogP contribution >= 0.6 is 0 Å². The Labute approximate surface area is 212 Å². The minimum absolute atomic E-state index is 0.209. The summed E-state index contributed by atoms with van der Waals surface area (Å²) < 4.78 is 5.47. The van der Waals surface area contributed by atoms with E-state index >= 15 is 0 Å². The third kappa shape index (κ3) is 4.32. The van der Waals surface area contributed by atoms with Gasteiger partial charge in [0.25, 0.3) is 11.8 Å². The molecule has 0 saturated heterocycles. The van der Waals surface area contributed by atoms with Crippen molar-refractivity contribution in [1.82, 2.24) is 9.97 Å². The standard InChI is InChI=1S/C29H21N5O3/c35-28(22-9-2-1-8-21(22)25-12-6-16-37-25)33-26-14-13-19(17-31-26)29(36)34-18-20-7-5-15-30-27(20)32-23-10-3-4-11-24(23)34/h1-17H,18H2,(H,30,32)(H,31,33,35). The van der Waals surface area contributed by atoms with Gasteiger partial charge in [0.15, 0.2) is 0 Å². The first kappa shape index (κ1) is 22.2. The number of benzene rings is 2. The van der Waals surface area contributed by atoms with Gasteiger partial charge < -0.3 is 20.0 Å². The van der Waals surface area contributed by atoms with E-state index in [0.717, 1.165) is 22.8 Å². The van der Waals surface area contributed by atoms with E-state index in [4.69, 9.17) is 4.42 Å². The quantitative estimate of drug-likeness (QED) is 0.328. The number of hydrogen-bond donors (Lipinski definition) is 2. The molecule has 3 aromatic heterocycles. The number of anilines is 4. The topological polar surface area (TPSA) is 100 Å². The number of carbonyl (C=O) groups is 2. The monoisotopic (exact) mass is 487 g/mol. The number of nitrogens with zero attached hydrogens (tertiary/aromatic N) is 3. The van der Waals surface area contributed by atoms with Crippen LogP contribution in [-0.4, -0.2) is 21.8 Å². The molecule has 8 heteroatoms. The van der Waals surface area contributed by atoms with Crippen molar-refractivity contribution in [2.45, 2.75) is 6.54 Å². The number of amides is 2. The molecule has 1 aliphatic heterocycles. The Morgan fingerprint density at radius 2 is 1.76 bits per heavy atom. The first-order valence-electron chi connectivity index (χ1n) is 11.7. The molecular weight excluding hydrogens is 466 g/mol. The summed E-state index contributed by atoms with van der Waals surface area (Å²) >= 11 is 0. The molecule has 0 bridgehead atoms. The lowest BCUT2D eigenvalue weighted by atomic mass is 10.0. The summed E-state index contributed by atoms with van der Waals surface area (Å²) in [5.41, 5.74) is 3.98. The van der Waals surface area contributed by atoms with E-state index in [1.165, 1.54) is 6.20 Å². The predicted octanol–water partition coefficient (Wildman–Crippen LogP) is 5.89. The van der Waals surface area contributed by atoms with Crippen molar-refractivity contribution in [3.05, 3.63) is 120 Å². The second-order valence-electron chi connectivity index (χ2n) is 8.45. The second kappa shape index (κ2) is 9.43. The SMILES string of the molecule is O=C(Nc1ccc(C(=O)N2Cc3cccnc3Nc3ccccc32)cn1)c1ccccc1-c1ccco1. The Morgan fingerprint density at radius 1 is 0.892 bits per heavy atom. The Morgan fingerprint density at radius 3 is 2.59 bits per heavy atom. The van der Waals surface area contributed by atoms with Crippen LogP contribution in [0.3, 0.4) is 0 Å². The van der Waals surface area contributed by atoms with E-state index in [1.54, 1.807) is 53.8 Å². The van der Waals surface area contributed by atoms with Gasteiger partial charge >= 0.3 is 0 Å². The average Bonchev–Trinajstić information content (AvgIpc) is 3.42. The smallest absolute Gasteiger partial charge is 0.260 e. The third-order valence-corrected chi connectivity index (χ3v) is 6.12. The number of rotatable bonds is 4. The number of aromatic nitrogens is 2. The predicted molar refractivity (Wildman–Crippen MR) is 141 cm³/mol. The van der Waals surface area contributed by atoms with Gasteiger partial charge in [0.05, 0.1) is 35.3 Å². The second-order valence-corrected chi connectivity index (χ2v) is 8.45. The van der Waals surface area contributed by atoms with Gasteiger partial charge in [0.1, 0.15) is 17.4 Å². The molecule has 180 valence electrons. The summed E-state index contributed by atoms with van der Waals surface area (Å²) in [7, 11) is 0. The number of carbonyl (C=O) groups excluding carboxylic acids is 2. The van der Waals surface area contributed by atoms with E-state index in [1.807, 2.05) is 48.5 Å². The summed E-state index contributed by atoms with van der Waals surface area (Å²) in [6.45, 7) is 0.355. The maximum atomic E-state index is 13.6. The van der Waals surface area contributed by atoms with Gasteiger partial charge in [-0.1, -0.05) is 36.4 Å². The maximum Gasteiger partial charge on any atom is 0.260 e. The van der Waals surface area contributed by atoms with Crippen molar-refractivity contribution < 1.29 is 14.0 Å². The fourth-order valence-electron chi connectivity index (χ4n) is 4.32. The van der Waals surface area contributed by atoms with Crippen molar-refractivity contribution in [3.63, 3.8) is 0 Å². The van der Waals surface area contributed by atoms with Crippen molar-refractivity contribution in [2.24, 2.45) is 0 Å². The molecule has 2 amide bonds. The average molecular weight is 488 g/mol. The Hall–Kier alpha value is -5.24. The first-order chi connectivity index (χ1) is 18.2. The van der Waals surface area contributed by atoms with Crippen LogP contribution < -0.4 is 15.5 Å². The number of hydrogen-bond acceptors (Lipinski definition) is 6. The van der Waals surface area contributed by atoms with Crippen LogP contribution in [0.1, 0.15) is 26.3 Å². The Kier molecular flexibility index (Phi) is 5.67. The minimum Gasteiger partial charge on any atom is -0.464 e. The number of para-hydroxylation sites is 2. The minimum atomic E-state index is -0.324. The largest absolute Gasteiger partial charge is 0.464 e. The zero-order valence-corrected chi connectivity index (χ0v) is 19.6. The highest BCUT2D eigenvalue weighted by Gasteiger charge is 2.25. The molecule has 37 heavy (non-hydrogen) atoms. The van der Waals surface area contributed by atoms with Crippen LogP contribution in [0, 0.1) is 0 Å². The molecule has 1 aliphatic rings. The van der Waals surface area contributed by atoms with Gasteiger partial charge in [-0.05, 0) is 48.5 Å². The molecule has 0 saturated carbocycles. The van der Waals surface area contributed by atoms with Gasteiger partial charge in [0, 0.05) is 23.5 Å². The van der Waals surface area contributed by atoms with Gasteiger partial charge in [-0.3, -0.25) is 9.59 Å². The number of furan rings is 1. The number of pyridine rings is 2. The summed E-state index contributed by atoms with van der Waals surface area (Å²) in [5.74, 6) is 1.12. The van der Waals surface area contributed by atoms with Crippen LogP contribution in [0.2, 0.25) is 0 Å². The van der Waals surface area contributed by atoms with Gasteiger partial charge in [-0.25, -0.2) is 9.97 Å². The van der Waals surface area contributed by atoms with E-state index in [-0.39, 0.29) is 11.8 Å². The molecule has 0 fully saturated rings. The van der Waals surface area contributed by atoms with E-state index < -0.39 is 0 Å². The molecule has 0 unspecified atom stereocenters. The fraction of sp³-hybridized carbons (Fsp3) is 0.0345. The first-order valence-corrected chi connectivity index (χ1v) is 11.7. The van der Waals surface area contributed by atoms with Gasteiger partial charge in [-0.2, -0.15) is 0 Å². The highest BCUT2D eigenvalue weighted by Crippen LogP contribution is 2.35. The molecule has 8 nitrogen and oxygen atoms in total. The lowest BCUT2D eigenvalue weighted by molar-refractivity contribution is 0.0984. The van der Waals surface area contributed by atoms with Crippen LogP contribution in [-0.2, 0) is 6.54 Å². The van der Waals surface area contributed by atoms with Crippen molar-refractivity contribution >= 4 is 34.8 Å². The van der Waals surface area contributed by atoms with E-state index in [2.05, 4.69) is 20.6 Å². The lowest BCUT2D eigenvalue weighted by Crippen LogP contribution is -2.30. The summed E-state index contributed by atoms with van der Waals surface area (Å²) in [6.07, 6.45) is 4.76. The van der Waals surface area contributed by atoms with Crippen molar-refractivity contribution in [3.8, 4) is 11.3 Å². The van der Waals surface area contributed by atoms with Crippen molar-refractivity contribution in [1.29, 1.82) is 0 Å². The normalized spacial score (nSPS) is 12.1. The highest BCUT2D eigenvalue weighted by atomic mass is 16.3. The Bertz CT molecular complexity index is 1600. The summed E-state index contributed by atoms with van der Waals surface area (Å²) in [6, 6.07) is 25.4. The number of fused-ring (bicyclic) bond motifs is 2. The molecule has 4 heterocycles. The van der Waals surface area contributed by atoms with E-state index in [0.29, 0.717) is 34.8 Å². The lowest BCUT2D eigenvalue weighted by Gasteiger charge is -2.22. The fourth-order valence-corrected chi connectivity index (χ4v) is 4.32. The maximum absolute atomic E-state index is 13.6. The zero-order valence-electron chi connectivity index (χ0n) is 19.6. The van der Waals surface area contributed by atoms with Gasteiger partial charge in [-0.15, -0.1) is 0 Å². The van der Waals surface area contributed by atoms with Crippen molar-refractivity contribution in [2.75, 3.05) is 15.5 Å². The number of nitrogens with one attached hydrogen (secondary N) is 2. The molecule has 2 N–H and O–H groups in total. The molecular formula is C29H21N5O3. The van der Waals surface area contributed by atoms with Crippen LogP contribution in [0.5, 0.6) is 0 Å². The highest BCUT2D eigenvalue weighted by molar-refractivity contribution is 6.09. The van der Waals surface area contributed by atoms with Crippen LogP contribution in [0.25, 0.3) is 11.3 Å². The summed E-state index contributed by atoms with van der Waals surface area (Å²) in [5, 5.41) is 6.14. The molecule has 5 aromatic rings. The van der Waals surface area contributed by atoms with Gasteiger partial charge in [0.2, 0.25) is 0 Å².